The van der Waals surface area contributed by atoms with E-state index in [1.165, 1.54) is 28.0 Å². The molecule has 0 bridgehead atoms. The van der Waals surface area contributed by atoms with Gasteiger partial charge in [-0.3, -0.25) is 0 Å². The number of ether oxygens (including phenoxy) is 1. The van der Waals surface area contributed by atoms with Gasteiger partial charge < -0.3 is 9.64 Å². The Labute approximate surface area is 161 Å². The van der Waals surface area contributed by atoms with E-state index in [9.17, 15) is 0 Å². The van der Waals surface area contributed by atoms with E-state index in [1.807, 2.05) is 0 Å². The second-order valence-electron chi connectivity index (χ2n) is 8.30. The topological polar surface area (TPSA) is 28.1 Å². The fraction of sp³-hybridized carbons (Fsp3) is 0.435. The lowest BCUT2D eigenvalue weighted by Gasteiger charge is -2.50. The van der Waals surface area contributed by atoms with Crippen molar-refractivity contribution in [3.63, 3.8) is 0 Å². The molecule has 5 rings (SSSR count). The lowest BCUT2D eigenvalue weighted by atomic mass is 9.90. The average molecular weight is 361 g/mol. The van der Waals surface area contributed by atoms with Crippen molar-refractivity contribution in [3.8, 4) is 5.75 Å². The Morgan fingerprint density at radius 3 is 2.59 bits per heavy atom. The van der Waals surface area contributed by atoms with Gasteiger partial charge in [0.15, 0.2) is 0 Å². The first kappa shape index (κ1) is 16.8. The van der Waals surface area contributed by atoms with Crippen LogP contribution >= 0.6 is 0 Å². The Balaban J connectivity index is 1.58. The minimum Gasteiger partial charge on any atom is -0.466 e. The number of likely N-dealkylation sites (tertiary alicyclic amines) is 1. The second kappa shape index (κ2) is 6.10. The third kappa shape index (κ3) is 2.66. The molecule has 0 aromatic heterocycles. The van der Waals surface area contributed by atoms with Crippen molar-refractivity contribution in [3.05, 3.63) is 64.7 Å². The number of hydrogen-bond acceptors (Lipinski definition) is 4. The average Bonchev–Trinajstić information content (AvgIpc) is 3.13. The van der Waals surface area contributed by atoms with Crippen molar-refractivity contribution < 1.29 is 4.74 Å². The first-order valence-electron chi connectivity index (χ1n) is 9.97. The number of fused-ring (bicyclic) bond motifs is 4. The van der Waals surface area contributed by atoms with E-state index in [4.69, 9.17) is 9.84 Å². The molecule has 1 atom stereocenters. The molecule has 3 heterocycles. The predicted octanol–water partition coefficient (Wildman–Crippen LogP) is 4.27. The first-order chi connectivity index (χ1) is 13.1. The molecule has 0 aliphatic carbocycles. The normalized spacial score (nSPS) is 23.6. The van der Waals surface area contributed by atoms with Crippen molar-refractivity contribution >= 4 is 5.71 Å². The smallest absolute Gasteiger partial charge is 0.200 e. The summed E-state index contributed by atoms with van der Waals surface area (Å²) in [6.07, 6.45) is 2.91. The standard InChI is InChI=1S/C23H27N3O/c1-16-8-9-18(14-17(16)2)20-15-21-19-6-4-5-7-22(19)27-23(26(21)24-20)10-12-25(3)13-11-23/h4-9,14,21H,10-13,15H2,1-3H3. The summed E-state index contributed by atoms with van der Waals surface area (Å²) in [7, 11) is 2.19. The van der Waals surface area contributed by atoms with Crippen molar-refractivity contribution in [1.29, 1.82) is 0 Å². The van der Waals surface area contributed by atoms with Crippen LogP contribution in [-0.2, 0) is 0 Å². The third-order valence-corrected chi connectivity index (χ3v) is 6.51. The molecule has 1 spiro atoms. The lowest BCUT2D eigenvalue weighted by Crippen LogP contribution is -2.58. The van der Waals surface area contributed by atoms with Crippen LogP contribution < -0.4 is 4.74 Å². The predicted molar refractivity (Wildman–Crippen MR) is 108 cm³/mol. The summed E-state index contributed by atoms with van der Waals surface area (Å²) in [5.74, 6) is 1.04. The number of para-hydroxylation sites is 1. The second-order valence-corrected chi connectivity index (χ2v) is 8.30. The van der Waals surface area contributed by atoms with Crippen molar-refractivity contribution in [1.82, 2.24) is 9.91 Å². The number of piperidine rings is 1. The molecule has 4 heteroatoms. The lowest BCUT2D eigenvalue weighted by molar-refractivity contribution is -0.147. The summed E-state index contributed by atoms with van der Waals surface area (Å²) in [5.41, 5.74) is 6.04. The molecule has 2 aromatic rings. The molecule has 0 N–H and O–H groups in total. The molecule has 27 heavy (non-hydrogen) atoms. The largest absolute Gasteiger partial charge is 0.466 e. The zero-order chi connectivity index (χ0) is 18.6. The van der Waals surface area contributed by atoms with Gasteiger partial charge >= 0.3 is 0 Å². The molecule has 0 radical (unpaired) electrons. The van der Waals surface area contributed by atoms with Crippen LogP contribution in [0.25, 0.3) is 0 Å². The maximum atomic E-state index is 6.64. The number of hydrazone groups is 1. The van der Waals surface area contributed by atoms with E-state index in [1.54, 1.807) is 0 Å². The van der Waals surface area contributed by atoms with Crippen LogP contribution in [0.5, 0.6) is 5.75 Å². The fourth-order valence-corrected chi connectivity index (χ4v) is 4.62. The van der Waals surface area contributed by atoms with E-state index in [-0.39, 0.29) is 11.8 Å². The van der Waals surface area contributed by atoms with E-state index in [0.29, 0.717) is 0 Å². The molecule has 3 aliphatic heterocycles. The van der Waals surface area contributed by atoms with Gasteiger partial charge in [-0.25, -0.2) is 5.01 Å². The quantitative estimate of drug-likeness (QED) is 0.759. The highest BCUT2D eigenvalue weighted by molar-refractivity contribution is 6.02. The third-order valence-electron chi connectivity index (χ3n) is 6.51. The van der Waals surface area contributed by atoms with Gasteiger partial charge in [0.2, 0.25) is 5.72 Å². The number of rotatable bonds is 1. The van der Waals surface area contributed by atoms with E-state index < -0.39 is 0 Å². The zero-order valence-corrected chi connectivity index (χ0v) is 16.4. The molecule has 4 nitrogen and oxygen atoms in total. The molecular formula is C23H27N3O. The maximum absolute atomic E-state index is 6.64. The highest BCUT2D eigenvalue weighted by Crippen LogP contribution is 2.49. The summed E-state index contributed by atoms with van der Waals surface area (Å²) in [6.45, 7) is 6.43. The SMILES string of the molecule is Cc1ccc(C2=NN3C(C2)c2ccccc2OC32CCN(C)CC2)cc1C. The molecule has 0 saturated carbocycles. The molecule has 3 aliphatic rings. The van der Waals surface area contributed by atoms with Gasteiger partial charge in [0.05, 0.1) is 11.8 Å². The number of nitrogens with zero attached hydrogens (tertiary/aromatic N) is 3. The fourth-order valence-electron chi connectivity index (χ4n) is 4.62. The van der Waals surface area contributed by atoms with Crippen molar-refractivity contribution in [2.24, 2.45) is 5.10 Å². The first-order valence-corrected chi connectivity index (χ1v) is 9.97. The highest BCUT2D eigenvalue weighted by atomic mass is 16.5. The minimum atomic E-state index is -0.312. The van der Waals surface area contributed by atoms with Crippen LogP contribution in [-0.4, -0.2) is 41.5 Å². The van der Waals surface area contributed by atoms with Crippen LogP contribution in [0.4, 0.5) is 0 Å². The number of aryl methyl sites for hydroxylation is 2. The van der Waals surface area contributed by atoms with Crippen molar-refractivity contribution in [2.45, 2.75) is 44.9 Å². The molecule has 0 amide bonds. The van der Waals surface area contributed by atoms with Crippen molar-refractivity contribution in [2.75, 3.05) is 20.1 Å². The molecule has 1 unspecified atom stereocenters. The molecule has 1 fully saturated rings. The number of benzene rings is 2. The number of hydrogen-bond donors (Lipinski definition) is 0. The summed E-state index contributed by atoms with van der Waals surface area (Å²) in [6, 6.07) is 15.5. The minimum absolute atomic E-state index is 0.273. The van der Waals surface area contributed by atoms with E-state index in [2.05, 4.69) is 73.3 Å². The molecule has 1 saturated heterocycles. The van der Waals surface area contributed by atoms with Gasteiger partial charge in [-0.15, -0.1) is 0 Å². The summed E-state index contributed by atoms with van der Waals surface area (Å²) >= 11 is 0. The van der Waals surface area contributed by atoms with Gasteiger partial charge in [0.1, 0.15) is 5.75 Å². The van der Waals surface area contributed by atoms with Gasteiger partial charge in [-0.05, 0) is 49.7 Å². The van der Waals surface area contributed by atoms with Crippen LogP contribution in [0, 0.1) is 13.8 Å². The van der Waals surface area contributed by atoms with Crippen LogP contribution in [0.15, 0.2) is 47.6 Å². The van der Waals surface area contributed by atoms with Gasteiger partial charge in [0, 0.05) is 37.9 Å². The molecule has 2 aromatic carbocycles. The van der Waals surface area contributed by atoms with E-state index in [0.717, 1.165) is 38.1 Å². The van der Waals surface area contributed by atoms with Gasteiger partial charge in [0.25, 0.3) is 0 Å². The van der Waals surface area contributed by atoms with Crippen LogP contribution in [0.3, 0.4) is 0 Å². The summed E-state index contributed by atoms with van der Waals surface area (Å²) in [4.78, 5) is 2.38. The highest BCUT2D eigenvalue weighted by Gasteiger charge is 2.51. The van der Waals surface area contributed by atoms with Crippen LogP contribution in [0.2, 0.25) is 0 Å². The Morgan fingerprint density at radius 2 is 1.81 bits per heavy atom. The van der Waals surface area contributed by atoms with E-state index >= 15 is 0 Å². The molecule has 140 valence electrons. The Bertz CT molecular complexity index is 912. The summed E-state index contributed by atoms with van der Waals surface area (Å²) in [5, 5.41) is 7.46. The van der Waals surface area contributed by atoms with Gasteiger partial charge in [-0.1, -0.05) is 30.3 Å². The monoisotopic (exact) mass is 361 g/mol. The Hall–Kier alpha value is -2.33. The Kier molecular flexibility index (Phi) is 3.80. The Morgan fingerprint density at radius 1 is 1.04 bits per heavy atom. The van der Waals surface area contributed by atoms with Crippen LogP contribution in [0.1, 0.15) is 47.6 Å². The summed E-state index contributed by atoms with van der Waals surface area (Å²) < 4.78 is 6.64. The maximum Gasteiger partial charge on any atom is 0.200 e. The molecular weight excluding hydrogens is 334 g/mol. The zero-order valence-electron chi connectivity index (χ0n) is 16.4. The van der Waals surface area contributed by atoms with Gasteiger partial charge in [-0.2, -0.15) is 5.10 Å².